The van der Waals surface area contributed by atoms with E-state index in [1.807, 2.05) is 31.2 Å². The van der Waals surface area contributed by atoms with E-state index in [1.165, 1.54) is 0 Å². The minimum Gasteiger partial charge on any atom is -0.322 e. The van der Waals surface area contributed by atoms with Crippen LogP contribution in [-0.2, 0) is 16.0 Å². The van der Waals surface area contributed by atoms with E-state index in [9.17, 15) is 4.79 Å². The predicted molar refractivity (Wildman–Crippen MR) is 60.6 cm³/mol. The van der Waals surface area contributed by atoms with Crippen molar-refractivity contribution in [2.24, 2.45) is 0 Å². The summed E-state index contributed by atoms with van der Waals surface area (Å²) in [7, 11) is 0. The Bertz CT molecular complexity index is 326. The normalized spacial score (nSPS) is 12.2. The number of nitrogens with one attached hydrogen (secondary N) is 1. The monoisotopic (exact) mass is 212 g/mol. The van der Waals surface area contributed by atoms with Crippen molar-refractivity contribution in [1.82, 2.24) is 0 Å². The molecule has 0 aromatic heterocycles. The highest BCUT2D eigenvalue weighted by atomic mass is 32.2. The number of rotatable bonds is 3. The Morgan fingerprint density at radius 1 is 1.57 bits per heavy atom. The van der Waals surface area contributed by atoms with Crippen LogP contribution in [0.15, 0.2) is 24.3 Å². The number of hydrogen-bond acceptors (Lipinski definition) is 2. The number of carbonyl (C=O) groups excluding carboxylic acids is 1. The molecule has 2 N–H and O–H groups in total. The maximum atomic E-state index is 11.3. The molecule has 0 spiro atoms. The molecule has 0 saturated heterocycles. The molecule has 1 rings (SSSR count). The third-order valence-electron chi connectivity index (χ3n) is 1.64. The Labute approximate surface area is 86.7 Å². The third-order valence-corrected chi connectivity index (χ3v) is 2.32. The Balaban J connectivity index is 2.56. The Hall–Kier alpha value is -1.00. The second-order valence-electron chi connectivity index (χ2n) is 3.16. The molecule has 0 aliphatic carbocycles. The predicted octanol–water partition coefficient (Wildman–Crippen LogP) is 1.65. The minimum absolute atomic E-state index is 0.149. The van der Waals surface area contributed by atoms with Gasteiger partial charge in [-0.05, 0) is 24.6 Å². The highest BCUT2D eigenvalue weighted by Crippen LogP contribution is 2.09. The first kappa shape index (κ1) is 11.1. The standard InChI is InChI=1S/C10H13NO2S/c1-8-4-3-5-9(6-8)11-10(12)7-14(2)13/h3-6,13H,7H2,1-2H3/p+1. The fourth-order valence-corrected chi connectivity index (χ4v) is 1.56. The number of carbonyl (C=O) groups is 1. The van der Waals surface area contributed by atoms with E-state index in [0.29, 0.717) is 0 Å². The molecule has 0 heterocycles. The number of anilines is 1. The van der Waals surface area contributed by atoms with Crippen molar-refractivity contribution in [3.05, 3.63) is 29.8 Å². The van der Waals surface area contributed by atoms with Gasteiger partial charge in [-0.25, -0.2) is 0 Å². The fraction of sp³-hybridized carbons (Fsp3) is 0.300. The molecule has 1 aromatic rings. The zero-order valence-electron chi connectivity index (χ0n) is 8.28. The van der Waals surface area contributed by atoms with Crippen molar-refractivity contribution in [3.8, 4) is 0 Å². The van der Waals surface area contributed by atoms with Gasteiger partial charge < -0.3 is 5.32 Å². The molecule has 1 aromatic carbocycles. The number of aryl methyl sites for hydroxylation is 1. The fourth-order valence-electron chi connectivity index (χ4n) is 1.11. The SMILES string of the molecule is Cc1cccc(NC(=O)C[S+](C)O)c1. The molecule has 14 heavy (non-hydrogen) atoms. The summed E-state index contributed by atoms with van der Waals surface area (Å²) >= 11 is -0.837. The summed E-state index contributed by atoms with van der Waals surface area (Å²) in [5.74, 6) is 0.0115. The van der Waals surface area contributed by atoms with E-state index in [0.717, 1.165) is 11.3 Å². The molecule has 0 saturated carbocycles. The molecule has 1 amide bonds. The lowest BCUT2D eigenvalue weighted by Crippen LogP contribution is -2.21. The van der Waals surface area contributed by atoms with Gasteiger partial charge in [0.25, 0.3) is 5.91 Å². The first-order chi connectivity index (χ1) is 6.58. The van der Waals surface area contributed by atoms with Crippen LogP contribution in [0.1, 0.15) is 5.56 Å². The van der Waals surface area contributed by atoms with E-state index < -0.39 is 11.2 Å². The quantitative estimate of drug-likeness (QED) is 0.748. The molecule has 1 atom stereocenters. The molecule has 0 fully saturated rings. The smallest absolute Gasteiger partial charge is 0.277 e. The van der Waals surface area contributed by atoms with Crippen LogP contribution in [0.2, 0.25) is 0 Å². The maximum absolute atomic E-state index is 11.3. The van der Waals surface area contributed by atoms with Crippen LogP contribution in [0.25, 0.3) is 0 Å². The molecular formula is C10H14NO2S+. The van der Waals surface area contributed by atoms with Gasteiger partial charge in [-0.15, -0.1) is 0 Å². The molecule has 1 unspecified atom stereocenters. The van der Waals surface area contributed by atoms with Gasteiger partial charge in [0.1, 0.15) is 17.4 Å². The molecule has 76 valence electrons. The van der Waals surface area contributed by atoms with Crippen molar-refractivity contribution in [1.29, 1.82) is 0 Å². The summed E-state index contributed by atoms with van der Waals surface area (Å²) in [6.45, 7) is 1.96. The number of benzene rings is 1. The zero-order chi connectivity index (χ0) is 10.6. The average molecular weight is 212 g/mol. The van der Waals surface area contributed by atoms with Gasteiger partial charge in [0.15, 0.2) is 0 Å². The topological polar surface area (TPSA) is 49.3 Å². The van der Waals surface area contributed by atoms with E-state index >= 15 is 0 Å². The number of hydrogen-bond donors (Lipinski definition) is 2. The van der Waals surface area contributed by atoms with Crippen LogP contribution in [0, 0.1) is 6.92 Å². The van der Waals surface area contributed by atoms with Gasteiger partial charge >= 0.3 is 0 Å². The van der Waals surface area contributed by atoms with Crippen molar-refractivity contribution in [2.75, 3.05) is 17.3 Å². The van der Waals surface area contributed by atoms with Gasteiger partial charge in [0, 0.05) is 5.69 Å². The van der Waals surface area contributed by atoms with Gasteiger partial charge in [-0.1, -0.05) is 12.1 Å². The van der Waals surface area contributed by atoms with Gasteiger partial charge in [0.2, 0.25) is 5.75 Å². The summed E-state index contributed by atoms with van der Waals surface area (Å²) in [5.41, 5.74) is 1.88. The van der Waals surface area contributed by atoms with Crippen LogP contribution < -0.4 is 5.32 Å². The molecule has 0 bridgehead atoms. The third kappa shape index (κ3) is 3.81. The minimum atomic E-state index is -0.837. The first-order valence-corrected chi connectivity index (χ1v) is 6.02. The second kappa shape index (κ2) is 5.02. The summed E-state index contributed by atoms with van der Waals surface area (Å²) < 4.78 is 9.02. The van der Waals surface area contributed by atoms with Crippen LogP contribution in [0.4, 0.5) is 5.69 Å². The van der Waals surface area contributed by atoms with Crippen molar-refractivity contribution >= 4 is 22.8 Å². The van der Waals surface area contributed by atoms with Crippen LogP contribution in [0.5, 0.6) is 0 Å². The van der Waals surface area contributed by atoms with Crippen LogP contribution in [0.3, 0.4) is 0 Å². The van der Waals surface area contributed by atoms with Gasteiger partial charge in [-0.3, -0.25) is 4.79 Å². The Morgan fingerprint density at radius 3 is 2.86 bits per heavy atom. The molecule has 0 aliphatic heterocycles. The van der Waals surface area contributed by atoms with Crippen molar-refractivity contribution in [3.63, 3.8) is 0 Å². The molecular weight excluding hydrogens is 198 g/mol. The van der Waals surface area contributed by atoms with E-state index in [1.54, 1.807) is 6.26 Å². The summed E-state index contributed by atoms with van der Waals surface area (Å²) in [5, 5.41) is 2.72. The van der Waals surface area contributed by atoms with E-state index in [2.05, 4.69) is 5.32 Å². The van der Waals surface area contributed by atoms with Gasteiger partial charge in [-0.2, -0.15) is 4.55 Å². The zero-order valence-corrected chi connectivity index (χ0v) is 9.10. The Morgan fingerprint density at radius 2 is 2.29 bits per heavy atom. The van der Waals surface area contributed by atoms with E-state index in [-0.39, 0.29) is 11.7 Å². The molecule has 0 radical (unpaired) electrons. The molecule has 4 heteroatoms. The lowest BCUT2D eigenvalue weighted by atomic mass is 10.2. The summed E-state index contributed by atoms with van der Waals surface area (Å²) in [6.07, 6.45) is 1.62. The first-order valence-electron chi connectivity index (χ1n) is 4.26. The van der Waals surface area contributed by atoms with Crippen molar-refractivity contribution < 1.29 is 9.35 Å². The molecule has 3 nitrogen and oxygen atoms in total. The lowest BCUT2D eigenvalue weighted by molar-refractivity contribution is -0.113. The highest BCUT2D eigenvalue weighted by molar-refractivity contribution is 7.91. The molecule has 0 aliphatic rings. The number of amides is 1. The average Bonchev–Trinajstić information content (AvgIpc) is 2.01. The highest BCUT2D eigenvalue weighted by Gasteiger charge is 2.14. The van der Waals surface area contributed by atoms with Crippen LogP contribution >= 0.6 is 0 Å². The lowest BCUT2D eigenvalue weighted by Gasteiger charge is -2.03. The van der Waals surface area contributed by atoms with E-state index in [4.69, 9.17) is 4.55 Å². The summed E-state index contributed by atoms with van der Waals surface area (Å²) in [4.78, 5) is 11.3. The largest absolute Gasteiger partial charge is 0.322 e. The summed E-state index contributed by atoms with van der Waals surface area (Å²) in [6, 6.07) is 7.57. The Kier molecular flexibility index (Phi) is 3.98. The van der Waals surface area contributed by atoms with Crippen LogP contribution in [-0.4, -0.2) is 22.5 Å². The van der Waals surface area contributed by atoms with Gasteiger partial charge in [0.05, 0.1) is 0 Å². The maximum Gasteiger partial charge on any atom is 0.277 e. The van der Waals surface area contributed by atoms with Crippen molar-refractivity contribution in [2.45, 2.75) is 6.92 Å². The second-order valence-corrected chi connectivity index (χ2v) is 4.65.